The van der Waals surface area contributed by atoms with Crippen molar-refractivity contribution in [3.8, 4) is 5.69 Å². The van der Waals surface area contributed by atoms with Crippen LogP contribution in [0.15, 0.2) is 36.7 Å². The number of amides is 1. The van der Waals surface area contributed by atoms with E-state index >= 15 is 0 Å². The number of carbonyl (C=O) groups is 1. The van der Waals surface area contributed by atoms with E-state index in [0.29, 0.717) is 5.56 Å². The van der Waals surface area contributed by atoms with Gasteiger partial charge in [-0.05, 0) is 56.1 Å². The van der Waals surface area contributed by atoms with Crippen LogP contribution in [0.2, 0.25) is 0 Å². The maximum absolute atomic E-state index is 12.2. The van der Waals surface area contributed by atoms with Crippen molar-refractivity contribution in [1.29, 1.82) is 0 Å². The molecule has 0 unspecified atom stereocenters. The fourth-order valence-electron chi connectivity index (χ4n) is 2.56. The summed E-state index contributed by atoms with van der Waals surface area (Å²) in [5.74, 6) is -0.00750. The van der Waals surface area contributed by atoms with Crippen LogP contribution in [0.5, 0.6) is 0 Å². The number of hydrogen-bond acceptors (Lipinski definition) is 3. The van der Waals surface area contributed by atoms with Gasteiger partial charge in [0.2, 0.25) is 0 Å². The van der Waals surface area contributed by atoms with E-state index in [1.54, 1.807) is 0 Å². The van der Waals surface area contributed by atoms with Crippen molar-refractivity contribution in [2.24, 2.45) is 0 Å². The van der Waals surface area contributed by atoms with Gasteiger partial charge in [-0.1, -0.05) is 0 Å². The van der Waals surface area contributed by atoms with Crippen LogP contribution in [-0.4, -0.2) is 34.8 Å². The lowest BCUT2D eigenvalue weighted by Gasteiger charge is -2.23. The molecule has 3 rings (SSSR count). The molecule has 2 N–H and O–H groups in total. The monoisotopic (exact) mass is 284 g/mol. The van der Waals surface area contributed by atoms with Gasteiger partial charge in [-0.3, -0.25) is 4.79 Å². The molecular weight excluding hydrogens is 264 g/mol. The summed E-state index contributed by atoms with van der Waals surface area (Å²) in [6.45, 7) is 3.91. The number of piperidine rings is 1. The Labute approximate surface area is 124 Å². The first-order chi connectivity index (χ1) is 10.2. The minimum Gasteiger partial charge on any atom is -0.348 e. The predicted molar refractivity (Wildman–Crippen MR) is 81.7 cm³/mol. The Morgan fingerprint density at radius 3 is 2.81 bits per heavy atom. The minimum atomic E-state index is -0.00750. The van der Waals surface area contributed by atoms with Crippen molar-refractivity contribution in [3.63, 3.8) is 0 Å². The second-order valence-electron chi connectivity index (χ2n) is 5.53. The molecule has 0 aliphatic carbocycles. The van der Waals surface area contributed by atoms with Crippen molar-refractivity contribution in [2.45, 2.75) is 25.8 Å². The van der Waals surface area contributed by atoms with Gasteiger partial charge in [-0.15, -0.1) is 0 Å². The molecule has 1 aliphatic rings. The van der Waals surface area contributed by atoms with E-state index in [9.17, 15) is 4.79 Å². The lowest BCUT2D eigenvalue weighted by Crippen LogP contribution is -2.45. The van der Waals surface area contributed by atoms with Crippen LogP contribution in [0.1, 0.15) is 28.8 Å². The summed E-state index contributed by atoms with van der Waals surface area (Å²) in [6.07, 6.45) is 5.94. The second-order valence-corrected chi connectivity index (χ2v) is 5.53. The molecule has 1 aromatic heterocycles. The molecule has 5 heteroatoms. The molecule has 0 spiro atoms. The maximum atomic E-state index is 12.2. The second kappa shape index (κ2) is 6.10. The third-order valence-corrected chi connectivity index (χ3v) is 3.74. The highest BCUT2D eigenvalue weighted by atomic mass is 16.1. The molecular formula is C16H20N4O. The standard InChI is InChI=1S/C16H20N4O/c1-12-9-18-20(11-12)15-6-4-13(5-7-15)16(21)19-14-3-2-8-17-10-14/h4-7,9,11,14,17H,2-3,8,10H2,1H3,(H,19,21)/t14-/m0/s1. The average Bonchev–Trinajstić information content (AvgIpc) is 2.95. The van der Waals surface area contributed by atoms with Crippen LogP contribution >= 0.6 is 0 Å². The molecule has 0 saturated carbocycles. The zero-order chi connectivity index (χ0) is 14.7. The van der Waals surface area contributed by atoms with E-state index in [1.165, 1.54) is 0 Å². The van der Waals surface area contributed by atoms with E-state index in [1.807, 2.05) is 48.3 Å². The number of hydrogen-bond donors (Lipinski definition) is 2. The number of nitrogens with one attached hydrogen (secondary N) is 2. The van der Waals surface area contributed by atoms with Crippen LogP contribution < -0.4 is 10.6 Å². The summed E-state index contributed by atoms with van der Waals surface area (Å²) in [4.78, 5) is 12.2. The third kappa shape index (κ3) is 3.31. The van der Waals surface area contributed by atoms with Crippen molar-refractivity contribution in [2.75, 3.05) is 13.1 Å². The molecule has 0 radical (unpaired) electrons. The number of nitrogens with zero attached hydrogens (tertiary/aromatic N) is 2. The topological polar surface area (TPSA) is 59.0 Å². The molecule has 5 nitrogen and oxygen atoms in total. The number of aryl methyl sites for hydroxylation is 1. The number of benzene rings is 1. The van der Waals surface area contributed by atoms with E-state index < -0.39 is 0 Å². The zero-order valence-corrected chi connectivity index (χ0v) is 12.2. The molecule has 1 aliphatic heterocycles. The summed E-state index contributed by atoms with van der Waals surface area (Å²) in [7, 11) is 0. The highest BCUT2D eigenvalue weighted by Gasteiger charge is 2.16. The minimum absolute atomic E-state index is 0.00750. The Balaban J connectivity index is 1.67. The highest BCUT2D eigenvalue weighted by molar-refractivity contribution is 5.94. The third-order valence-electron chi connectivity index (χ3n) is 3.74. The predicted octanol–water partition coefficient (Wildman–Crippen LogP) is 1.66. The van der Waals surface area contributed by atoms with Crippen LogP contribution in [0.4, 0.5) is 0 Å². The largest absolute Gasteiger partial charge is 0.348 e. The van der Waals surface area contributed by atoms with Gasteiger partial charge in [-0.25, -0.2) is 4.68 Å². The Kier molecular flexibility index (Phi) is 4.01. The Bertz CT molecular complexity index is 611. The first kappa shape index (κ1) is 13.8. The van der Waals surface area contributed by atoms with E-state index in [0.717, 1.165) is 37.2 Å². The molecule has 1 atom stereocenters. The van der Waals surface area contributed by atoms with Gasteiger partial charge < -0.3 is 10.6 Å². The van der Waals surface area contributed by atoms with Gasteiger partial charge in [0.25, 0.3) is 5.91 Å². The number of aromatic nitrogens is 2. The van der Waals surface area contributed by atoms with Crippen molar-refractivity contribution >= 4 is 5.91 Å². The lowest BCUT2D eigenvalue weighted by atomic mass is 10.1. The van der Waals surface area contributed by atoms with Crippen molar-refractivity contribution in [1.82, 2.24) is 20.4 Å². The number of carbonyl (C=O) groups excluding carboxylic acids is 1. The van der Waals surface area contributed by atoms with Crippen LogP contribution in [0.25, 0.3) is 5.69 Å². The summed E-state index contributed by atoms with van der Waals surface area (Å²) in [6, 6.07) is 7.76. The van der Waals surface area contributed by atoms with E-state index in [4.69, 9.17) is 0 Å². The molecule has 1 saturated heterocycles. The van der Waals surface area contributed by atoms with Crippen molar-refractivity contribution < 1.29 is 4.79 Å². The molecule has 1 fully saturated rings. The van der Waals surface area contributed by atoms with Gasteiger partial charge in [0, 0.05) is 24.3 Å². The molecule has 21 heavy (non-hydrogen) atoms. The van der Waals surface area contributed by atoms with Gasteiger partial charge in [0.1, 0.15) is 0 Å². The normalized spacial score (nSPS) is 18.4. The highest BCUT2D eigenvalue weighted by Crippen LogP contribution is 2.11. The van der Waals surface area contributed by atoms with Crippen LogP contribution in [0.3, 0.4) is 0 Å². The first-order valence-electron chi connectivity index (χ1n) is 7.36. The summed E-state index contributed by atoms with van der Waals surface area (Å²) in [5, 5.41) is 10.6. The molecule has 2 aromatic rings. The summed E-state index contributed by atoms with van der Waals surface area (Å²) < 4.78 is 1.81. The van der Waals surface area contributed by atoms with Gasteiger partial charge in [0.15, 0.2) is 0 Å². The van der Waals surface area contributed by atoms with Crippen LogP contribution in [0, 0.1) is 6.92 Å². The SMILES string of the molecule is Cc1cnn(-c2ccc(C(=O)N[C@H]3CCCNC3)cc2)c1. The summed E-state index contributed by atoms with van der Waals surface area (Å²) >= 11 is 0. The molecule has 110 valence electrons. The van der Waals surface area contributed by atoms with Crippen LogP contribution in [-0.2, 0) is 0 Å². The van der Waals surface area contributed by atoms with Crippen molar-refractivity contribution in [3.05, 3.63) is 47.8 Å². The number of rotatable bonds is 3. The van der Waals surface area contributed by atoms with Gasteiger partial charge in [0.05, 0.1) is 11.9 Å². The van der Waals surface area contributed by atoms with Gasteiger partial charge in [-0.2, -0.15) is 5.10 Å². The Hall–Kier alpha value is -2.14. The molecule has 1 amide bonds. The summed E-state index contributed by atoms with van der Waals surface area (Å²) in [5.41, 5.74) is 2.76. The quantitative estimate of drug-likeness (QED) is 0.901. The Morgan fingerprint density at radius 1 is 1.38 bits per heavy atom. The van der Waals surface area contributed by atoms with Gasteiger partial charge >= 0.3 is 0 Å². The van der Waals surface area contributed by atoms with E-state index in [2.05, 4.69) is 15.7 Å². The Morgan fingerprint density at radius 2 is 2.19 bits per heavy atom. The molecule has 1 aromatic carbocycles. The molecule has 2 heterocycles. The molecule has 0 bridgehead atoms. The average molecular weight is 284 g/mol. The zero-order valence-electron chi connectivity index (χ0n) is 12.2. The smallest absolute Gasteiger partial charge is 0.251 e. The fourth-order valence-corrected chi connectivity index (χ4v) is 2.56. The lowest BCUT2D eigenvalue weighted by molar-refractivity contribution is 0.0930. The maximum Gasteiger partial charge on any atom is 0.251 e. The first-order valence-corrected chi connectivity index (χ1v) is 7.36. The fraction of sp³-hybridized carbons (Fsp3) is 0.375. The van der Waals surface area contributed by atoms with E-state index in [-0.39, 0.29) is 11.9 Å².